The molecule has 26 heavy (non-hydrogen) atoms. The van der Waals surface area contributed by atoms with Gasteiger partial charge in [0, 0.05) is 38.3 Å². The fraction of sp³-hybridized carbons (Fsp3) is 0.435. The lowest BCUT2D eigenvalue weighted by molar-refractivity contribution is 0.0662. The normalized spacial score (nSPS) is 18.6. The van der Waals surface area contributed by atoms with Crippen molar-refractivity contribution in [1.82, 2.24) is 9.80 Å². The second-order valence-electron chi connectivity index (χ2n) is 7.86. The maximum atomic E-state index is 12.7. The van der Waals surface area contributed by atoms with Crippen LogP contribution in [-0.4, -0.2) is 41.9 Å². The number of rotatable bonds is 3. The topological polar surface area (TPSA) is 23.6 Å². The molecular formula is C23H28N2O. The lowest BCUT2D eigenvalue weighted by Crippen LogP contribution is -2.42. The van der Waals surface area contributed by atoms with E-state index in [9.17, 15) is 4.79 Å². The minimum atomic E-state index is 0.194. The molecule has 2 aliphatic rings. The molecule has 0 bridgehead atoms. The molecule has 0 aromatic heterocycles. The Hall–Kier alpha value is -2.13. The number of carbonyl (C=O) groups excluding carboxylic acids is 1. The Kier molecular flexibility index (Phi) is 5.07. The third kappa shape index (κ3) is 3.83. The monoisotopic (exact) mass is 348 g/mol. The minimum Gasteiger partial charge on any atom is -0.339 e. The summed E-state index contributed by atoms with van der Waals surface area (Å²) in [5.74, 6) is 0.904. The van der Waals surface area contributed by atoms with E-state index in [4.69, 9.17) is 0 Å². The van der Waals surface area contributed by atoms with Gasteiger partial charge in [0.1, 0.15) is 0 Å². The Morgan fingerprint density at radius 2 is 1.77 bits per heavy atom. The Morgan fingerprint density at radius 1 is 1.00 bits per heavy atom. The van der Waals surface area contributed by atoms with Crippen LogP contribution in [0.5, 0.6) is 0 Å². The smallest absolute Gasteiger partial charge is 0.253 e. The van der Waals surface area contributed by atoms with E-state index in [1.165, 1.54) is 30.6 Å². The summed E-state index contributed by atoms with van der Waals surface area (Å²) in [5.41, 5.74) is 4.99. The first kappa shape index (κ1) is 17.3. The molecule has 2 aromatic carbocycles. The van der Waals surface area contributed by atoms with Crippen molar-refractivity contribution in [3.63, 3.8) is 0 Å². The van der Waals surface area contributed by atoms with Gasteiger partial charge in [0.2, 0.25) is 0 Å². The summed E-state index contributed by atoms with van der Waals surface area (Å²) >= 11 is 0. The van der Waals surface area contributed by atoms with E-state index in [1.807, 2.05) is 36.1 Å². The number of carbonyl (C=O) groups is 1. The van der Waals surface area contributed by atoms with E-state index >= 15 is 0 Å². The third-order valence-corrected chi connectivity index (χ3v) is 5.89. The van der Waals surface area contributed by atoms with E-state index in [-0.39, 0.29) is 5.91 Å². The van der Waals surface area contributed by atoms with Crippen LogP contribution >= 0.6 is 0 Å². The van der Waals surface area contributed by atoms with Gasteiger partial charge in [0.05, 0.1) is 0 Å². The molecule has 3 nitrogen and oxygen atoms in total. The molecule has 4 rings (SSSR count). The van der Waals surface area contributed by atoms with E-state index in [0.29, 0.717) is 5.92 Å². The number of hydrogen-bond acceptors (Lipinski definition) is 2. The van der Waals surface area contributed by atoms with Crippen LogP contribution in [-0.2, 0) is 13.0 Å². The Bertz CT molecular complexity index is 777. The van der Waals surface area contributed by atoms with Gasteiger partial charge in [-0.15, -0.1) is 0 Å². The first-order valence-electron chi connectivity index (χ1n) is 9.84. The van der Waals surface area contributed by atoms with Crippen molar-refractivity contribution in [2.45, 2.75) is 32.7 Å². The number of likely N-dealkylation sites (tertiary alicyclic amines) is 1. The summed E-state index contributed by atoms with van der Waals surface area (Å²) < 4.78 is 0. The van der Waals surface area contributed by atoms with Gasteiger partial charge < -0.3 is 4.90 Å². The molecule has 0 atom stereocenters. The van der Waals surface area contributed by atoms with E-state index < -0.39 is 0 Å². The van der Waals surface area contributed by atoms with Crippen LogP contribution in [0, 0.1) is 12.8 Å². The molecule has 0 aliphatic carbocycles. The number of fused-ring (bicyclic) bond motifs is 1. The SMILES string of the molecule is Cc1cccc(C(=O)N2CCC(CN3CCc4ccccc4C3)CC2)c1. The van der Waals surface area contributed by atoms with Gasteiger partial charge in [-0.2, -0.15) is 0 Å². The predicted molar refractivity (Wildman–Crippen MR) is 105 cm³/mol. The summed E-state index contributed by atoms with van der Waals surface area (Å²) in [4.78, 5) is 17.3. The molecule has 1 saturated heterocycles. The molecule has 2 aromatic rings. The Balaban J connectivity index is 1.30. The maximum Gasteiger partial charge on any atom is 0.253 e. The van der Waals surface area contributed by atoms with Crippen molar-refractivity contribution in [2.24, 2.45) is 5.92 Å². The Morgan fingerprint density at radius 3 is 2.54 bits per heavy atom. The largest absolute Gasteiger partial charge is 0.339 e. The molecule has 2 aliphatic heterocycles. The van der Waals surface area contributed by atoms with Crippen molar-refractivity contribution in [3.05, 3.63) is 70.8 Å². The molecule has 3 heteroatoms. The van der Waals surface area contributed by atoms with E-state index in [1.54, 1.807) is 0 Å². The van der Waals surface area contributed by atoms with Crippen LogP contribution in [0.3, 0.4) is 0 Å². The van der Waals surface area contributed by atoms with Crippen LogP contribution in [0.4, 0.5) is 0 Å². The first-order chi connectivity index (χ1) is 12.7. The predicted octanol–water partition coefficient (Wildman–Crippen LogP) is 3.91. The van der Waals surface area contributed by atoms with E-state index in [2.05, 4.69) is 29.2 Å². The molecule has 0 saturated carbocycles. The van der Waals surface area contributed by atoms with Crippen LogP contribution in [0.1, 0.15) is 39.9 Å². The van der Waals surface area contributed by atoms with Crippen LogP contribution in [0.25, 0.3) is 0 Å². The van der Waals surface area contributed by atoms with Crippen LogP contribution < -0.4 is 0 Å². The highest BCUT2D eigenvalue weighted by atomic mass is 16.2. The number of amides is 1. The fourth-order valence-electron chi connectivity index (χ4n) is 4.35. The van der Waals surface area contributed by atoms with Gasteiger partial charge in [-0.1, -0.05) is 42.0 Å². The van der Waals surface area contributed by atoms with Crippen LogP contribution in [0.2, 0.25) is 0 Å². The van der Waals surface area contributed by atoms with E-state index in [0.717, 1.165) is 43.6 Å². The number of nitrogens with zero attached hydrogens (tertiary/aromatic N) is 2. The molecule has 1 fully saturated rings. The summed E-state index contributed by atoms with van der Waals surface area (Å²) in [6.45, 7) is 7.24. The molecular weight excluding hydrogens is 320 g/mol. The number of piperidine rings is 1. The zero-order chi connectivity index (χ0) is 17.9. The number of benzene rings is 2. The zero-order valence-electron chi connectivity index (χ0n) is 15.7. The van der Waals surface area contributed by atoms with Crippen molar-refractivity contribution in [3.8, 4) is 0 Å². The second-order valence-corrected chi connectivity index (χ2v) is 7.86. The van der Waals surface area contributed by atoms with Crippen molar-refractivity contribution < 1.29 is 4.79 Å². The van der Waals surface area contributed by atoms with Gasteiger partial charge in [-0.3, -0.25) is 9.69 Å². The highest BCUT2D eigenvalue weighted by molar-refractivity contribution is 5.94. The lowest BCUT2D eigenvalue weighted by Gasteiger charge is -2.36. The van der Waals surface area contributed by atoms with Crippen molar-refractivity contribution in [2.75, 3.05) is 26.2 Å². The summed E-state index contributed by atoms with van der Waals surface area (Å²) in [5, 5.41) is 0. The second kappa shape index (κ2) is 7.63. The quantitative estimate of drug-likeness (QED) is 0.840. The van der Waals surface area contributed by atoms with Crippen molar-refractivity contribution in [1.29, 1.82) is 0 Å². The number of aryl methyl sites for hydroxylation is 1. The lowest BCUT2D eigenvalue weighted by atomic mass is 9.93. The Labute approximate surface area is 156 Å². The average Bonchev–Trinajstić information content (AvgIpc) is 2.68. The van der Waals surface area contributed by atoms with Gasteiger partial charge in [-0.25, -0.2) is 0 Å². The third-order valence-electron chi connectivity index (χ3n) is 5.89. The highest BCUT2D eigenvalue weighted by Gasteiger charge is 2.26. The van der Waals surface area contributed by atoms with Crippen LogP contribution in [0.15, 0.2) is 48.5 Å². The van der Waals surface area contributed by atoms with Gasteiger partial charge in [0.25, 0.3) is 5.91 Å². The molecule has 0 radical (unpaired) electrons. The van der Waals surface area contributed by atoms with Gasteiger partial charge in [-0.05, 0) is 55.4 Å². The average molecular weight is 348 g/mol. The molecule has 2 heterocycles. The molecule has 0 unspecified atom stereocenters. The minimum absolute atomic E-state index is 0.194. The van der Waals surface area contributed by atoms with Crippen molar-refractivity contribution >= 4 is 5.91 Å². The summed E-state index contributed by atoms with van der Waals surface area (Å²) in [7, 11) is 0. The number of hydrogen-bond donors (Lipinski definition) is 0. The van der Waals surface area contributed by atoms with Gasteiger partial charge in [0.15, 0.2) is 0 Å². The molecule has 1 amide bonds. The standard InChI is InChI=1S/C23H28N2O/c1-18-5-4-8-21(15-18)23(26)25-13-9-19(10-14-25)16-24-12-11-20-6-2-3-7-22(20)17-24/h2-8,15,19H,9-14,16-17H2,1H3. The maximum absolute atomic E-state index is 12.7. The highest BCUT2D eigenvalue weighted by Crippen LogP contribution is 2.24. The molecule has 0 spiro atoms. The summed E-state index contributed by atoms with van der Waals surface area (Å²) in [6.07, 6.45) is 3.41. The first-order valence-corrected chi connectivity index (χ1v) is 9.84. The zero-order valence-corrected chi connectivity index (χ0v) is 15.7. The fourth-order valence-corrected chi connectivity index (χ4v) is 4.35. The van der Waals surface area contributed by atoms with Gasteiger partial charge >= 0.3 is 0 Å². The molecule has 0 N–H and O–H groups in total. The molecule has 136 valence electrons. The summed E-state index contributed by atoms with van der Waals surface area (Å²) in [6, 6.07) is 16.8.